The summed E-state index contributed by atoms with van der Waals surface area (Å²) in [4.78, 5) is 25.4. The lowest BCUT2D eigenvalue weighted by molar-refractivity contribution is -0.132. The monoisotopic (exact) mass is 308 g/mol. The smallest absolute Gasteiger partial charge is 0.325 e. The molecule has 2 N–H and O–H groups in total. The van der Waals surface area contributed by atoms with Crippen LogP contribution < -0.4 is 5.32 Å². The number of aliphatic hydroxyl groups is 1. The molecule has 3 amide bonds. The van der Waals surface area contributed by atoms with Gasteiger partial charge >= 0.3 is 6.03 Å². The lowest BCUT2D eigenvalue weighted by Gasteiger charge is -2.24. The lowest BCUT2D eigenvalue weighted by atomic mass is 9.91. The Morgan fingerprint density at radius 3 is 2.55 bits per heavy atom. The van der Waals surface area contributed by atoms with E-state index in [4.69, 9.17) is 0 Å². The number of hydrogen-bond acceptors (Lipinski definition) is 3. The van der Waals surface area contributed by atoms with Crippen molar-refractivity contribution in [2.45, 2.75) is 38.8 Å². The number of amides is 3. The molecule has 1 aliphatic heterocycles. The van der Waals surface area contributed by atoms with E-state index in [1.165, 1.54) is 18.2 Å². The topological polar surface area (TPSA) is 69.6 Å². The summed E-state index contributed by atoms with van der Waals surface area (Å²) < 4.78 is 13.7. The van der Waals surface area contributed by atoms with E-state index in [0.717, 1.165) is 4.90 Å². The van der Waals surface area contributed by atoms with Crippen molar-refractivity contribution in [2.24, 2.45) is 5.92 Å². The van der Waals surface area contributed by atoms with Gasteiger partial charge in [-0.2, -0.15) is 0 Å². The number of nitrogens with one attached hydrogen (secondary N) is 1. The van der Waals surface area contributed by atoms with Gasteiger partial charge in [-0.1, -0.05) is 32.0 Å². The Bertz CT molecular complexity index is 591. The van der Waals surface area contributed by atoms with Crippen LogP contribution >= 0.6 is 0 Å². The first-order valence-electron chi connectivity index (χ1n) is 7.31. The molecule has 120 valence electrons. The number of benzene rings is 1. The number of urea groups is 1. The molecule has 0 spiro atoms. The molecule has 1 aliphatic rings. The van der Waals surface area contributed by atoms with Crippen LogP contribution in [0.5, 0.6) is 0 Å². The predicted molar refractivity (Wildman–Crippen MR) is 79.5 cm³/mol. The van der Waals surface area contributed by atoms with Crippen molar-refractivity contribution in [1.82, 2.24) is 10.2 Å². The number of imide groups is 1. The normalized spacial score (nSPS) is 23.1. The van der Waals surface area contributed by atoms with Gasteiger partial charge in [-0.05, 0) is 25.3 Å². The number of carbonyl (C=O) groups is 2. The van der Waals surface area contributed by atoms with Gasteiger partial charge in [-0.3, -0.25) is 9.69 Å². The van der Waals surface area contributed by atoms with E-state index in [-0.39, 0.29) is 23.9 Å². The maximum absolute atomic E-state index is 13.7. The molecule has 1 heterocycles. The molecule has 22 heavy (non-hydrogen) atoms. The Morgan fingerprint density at radius 1 is 1.32 bits per heavy atom. The maximum Gasteiger partial charge on any atom is 0.325 e. The van der Waals surface area contributed by atoms with Gasteiger partial charge < -0.3 is 10.4 Å². The molecule has 0 saturated carbocycles. The second kappa shape index (κ2) is 6.04. The van der Waals surface area contributed by atoms with Gasteiger partial charge in [-0.15, -0.1) is 0 Å². The minimum absolute atomic E-state index is 0.0700. The Hall–Kier alpha value is -1.95. The highest BCUT2D eigenvalue weighted by atomic mass is 19.1. The number of β-amino-alcohol motifs (C(OH)–C–C–N with tert-alkyl or cyclic N) is 1. The molecule has 2 unspecified atom stereocenters. The van der Waals surface area contributed by atoms with E-state index in [2.05, 4.69) is 5.32 Å². The predicted octanol–water partition coefficient (Wildman–Crippen LogP) is 2.22. The largest absolute Gasteiger partial charge is 0.386 e. The van der Waals surface area contributed by atoms with Gasteiger partial charge in [0.05, 0.1) is 12.6 Å². The van der Waals surface area contributed by atoms with E-state index in [9.17, 15) is 19.1 Å². The zero-order chi connectivity index (χ0) is 16.5. The van der Waals surface area contributed by atoms with Crippen molar-refractivity contribution in [1.29, 1.82) is 0 Å². The van der Waals surface area contributed by atoms with Crippen molar-refractivity contribution in [3.63, 3.8) is 0 Å². The Morgan fingerprint density at radius 2 is 1.95 bits per heavy atom. The van der Waals surface area contributed by atoms with Gasteiger partial charge in [0.15, 0.2) is 0 Å². The van der Waals surface area contributed by atoms with Gasteiger partial charge in [0, 0.05) is 5.56 Å². The molecule has 6 heteroatoms. The summed E-state index contributed by atoms with van der Waals surface area (Å²) in [6, 6.07) is 5.22. The van der Waals surface area contributed by atoms with Crippen LogP contribution in [0.1, 0.15) is 38.9 Å². The quantitative estimate of drug-likeness (QED) is 0.819. The standard InChI is InChI=1S/C16H21FN2O3/c1-10(2)8-16(3)14(21)19(15(22)18-16)9-13(20)11-6-4-5-7-12(11)17/h4-7,10,13,20H,8-9H2,1-3H3,(H,18,22). The second-order valence-electron chi connectivity index (χ2n) is 6.31. The van der Waals surface area contributed by atoms with Crippen molar-refractivity contribution in [3.05, 3.63) is 35.6 Å². The van der Waals surface area contributed by atoms with E-state index in [0.29, 0.717) is 6.42 Å². The summed E-state index contributed by atoms with van der Waals surface area (Å²) in [7, 11) is 0. The first-order valence-corrected chi connectivity index (χ1v) is 7.31. The fourth-order valence-electron chi connectivity index (χ4n) is 2.88. The molecule has 2 atom stereocenters. The summed E-state index contributed by atoms with van der Waals surface area (Å²) >= 11 is 0. The molecule has 1 saturated heterocycles. The highest BCUT2D eigenvalue weighted by Crippen LogP contribution is 2.27. The first-order chi connectivity index (χ1) is 10.2. The van der Waals surface area contributed by atoms with Crippen LogP contribution in [0.15, 0.2) is 24.3 Å². The molecule has 0 aliphatic carbocycles. The lowest BCUT2D eigenvalue weighted by Crippen LogP contribution is -2.45. The molecule has 5 nitrogen and oxygen atoms in total. The minimum atomic E-state index is -1.25. The second-order valence-corrected chi connectivity index (χ2v) is 6.31. The van der Waals surface area contributed by atoms with Crippen molar-refractivity contribution < 1.29 is 19.1 Å². The van der Waals surface area contributed by atoms with Gasteiger partial charge in [0.2, 0.25) is 0 Å². The fraction of sp³-hybridized carbons (Fsp3) is 0.500. The number of nitrogens with zero attached hydrogens (tertiary/aromatic N) is 1. The van der Waals surface area contributed by atoms with Crippen LogP contribution in [-0.2, 0) is 4.79 Å². The number of halogens is 1. The fourth-order valence-corrected chi connectivity index (χ4v) is 2.88. The third-order valence-corrected chi connectivity index (χ3v) is 3.78. The van der Waals surface area contributed by atoms with E-state index >= 15 is 0 Å². The van der Waals surface area contributed by atoms with Gasteiger partial charge in [0.1, 0.15) is 11.4 Å². The summed E-state index contributed by atoms with van der Waals surface area (Å²) in [5, 5.41) is 12.8. The van der Waals surface area contributed by atoms with Crippen molar-refractivity contribution in [2.75, 3.05) is 6.54 Å². The third kappa shape index (κ3) is 3.11. The third-order valence-electron chi connectivity index (χ3n) is 3.78. The van der Waals surface area contributed by atoms with Crippen LogP contribution in [0.3, 0.4) is 0 Å². The molecular weight excluding hydrogens is 287 g/mol. The highest BCUT2D eigenvalue weighted by molar-refractivity contribution is 6.06. The Labute approximate surface area is 129 Å². The molecule has 0 bridgehead atoms. The molecular formula is C16H21FN2O3. The van der Waals surface area contributed by atoms with E-state index < -0.39 is 23.5 Å². The van der Waals surface area contributed by atoms with Crippen LogP contribution in [-0.4, -0.2) is 34.0 Å². The van der Waals surface area contributed by atoms with Crippen molar-refractivity contribution >= 4 is 11.9 Å². The molecule has 0 aromatic heterocycles. The van der Waals surface area contributed by atoms with Crippen LogP contribution in [0.4, 0.5) is 9.18 Å². The first kappa shape index (κ1) is 16.4. The Kier molecular flexibility index (Phi) is 4.51. The van der Waals surface area contributed by atoms with Gasteiger partial charge in [0.25, 0.3) is 5.91 Å². The van der Waals surface area contributed by atoms with E-state index in [1.54, 1.807) is 13.0 Å². The maximum atomic E-state index is 13.7. The summed E-state index contributed by atoms with van der Waals surface area (Å²) in [6.07, 6.45) is -0.749. The minimum Gasteiger partial charge on any atom is -0.386 e. The van der Waals surface area contributed by atoms with Gasteiger partial charge in [-0.25, -0.2) is 9.18 Å². The summed E-state index contributed by atoms with van der Waals surface area (Å²) in [6.45, 7) is 5.32. The zero-order valence-corrected chi connectivity index (χ0v) is 13.0. The van der Waals surface area contributed by atoms with E-state index in [1.807, 2.05) is 13.8 Å². The molecule has 2 rings (SSSR count). The summed E-state index contributed by atoms with van der Waals surface area (Å²) in [5.41, 5.74) is -0.902. The van der Waals surface area contributed by atoms with Crippen LogP contribution in [0.25, 0.3) is 0 Å². The average Bonchev–Trinajstić information content (AvgIpc) is 2.61. The number of hydrogen-bond donors (Lipinski definition) is 2. The molecule has 1 fully saturated rings. The zero-order valence-electron chi connectivity index (χ0n) is 13.0. The SMILES string of the molecule is CC(C)CC1(C)NC(=O)N(CC(O)c2ccccc2F)C1=O. The summed E-state index contributed by atoms with van der Waals surface area (Å²) in [5.74, 6) is -0.723. The molecule has 0 radical (unpaired) electrons. The van der Waals surface area contributed by atoms with Crippen LogP contribution in [0, 0.1) is 11.7 Å². The number of carbonyl (C=O) groups excluding carboxylic acids is 2. The molecule has 1 aromatic rings. The highest BCUT2D eigenvalue weighted by Gasteiger charge is 2.48. The number of rotatable bonds is 5. The van der Waals surface area contributed by atoms with Crippen molar-refractivity contribution in [3.8, 4) is 0 Å². The molecule has 1 aromatic carbocycles. The average molecular weight is 308 g/mol. The van der Waals surface area contributed by atoms with Crippen LogP contribution in [0.2, 0.25) is 0 Å². The Balaban J connectivity index is 2.15. The number of aliphatic hydroxyl groups excluding tert-OH is 1.